The molecular formula is C45H59N5O11. The van der Waals surface area contributed by atoms with Crippen molar-refractivity contribution in [2.45, 2.75) is 117 Å². The summed E-state index contributed by atoms with van der Waals surface area (Å²) in [5, 5.41) is 58.3. The number of aliphatic hydroxyl groups is 4. The Kier molecular flexibility index (Phi) is 15.1. The Morgan fingerprint density at radius 1 is 0.902 bits per heavy atom. The third kappa shape index (κ3) is 9.64. The lowest BCUT2D eigenvalue weighted by atomic mass is 9.89. The highest BCUT2D eigenvalue weighted by Gasteiger charge is 2.44. The molecule has 16 heteroatoms. The number of aryl methyl sites for hydroxylation is 3. The Hall–Kier alpha value is -5.23. The molecule has 7 unspecified atom stereocenters. The van der Waals surface area contributed by atoms with Gasteiger partial charge in [-0.3, -0.25) is 14.6 Å². The number of H-pyrrole nitrogens is 2. The van der Waals surface area contributed by atoms with Gasteiger partial charge in [-0.15, -0.1) is 0 Å². The summed E-state index contributed by atoms with van der Waals surface area (Å²) in [6, 6.07) is 5.98. The second-order valence-electron chi connectivity index (χ2n) is 15.8. The van der Waals surface area contributed by atoms with Crippen LogP contribution in [0.3, 0.4) is 0 Å². The van der Waals surface area contributed by atoms with Crippen molar-refractivity contribution in [3.63, 3.8) is 0 Å². The van der Waals surface area contributed by atoms with E-state index in [0.29, 0.717) is 28.9 Å². The number of nitrogens with zero attached hydrogens (tertiary/aromatic N) is 3. The molecular weight excluding hydrogens is 787 g/mol. The first-order valence-corrected chi connectivity index (χ1v) is 20.6. The van der Waals surface area contributed by atoms with Gasteiger partial charge in [0.2, 0.25) is 5.91 Å². The maximum atomic E-state index is 14.1. The molecule has 3 aliphatic heterocycles. The summed E-state index contributed by atoms with van der Waals surface area (Å²) in [5.41, 5.74) is 10.7. The van der Waals surface area contributed by atoms with Crippen LogP contribution in [0.1, 0.15) is 110 Å². The number of carbonyl (C=O) groups is 3. The Morgan fingerprint density at radius 3 is 2.16 bits per heavy atom. The zero-order chi connectivity index (χ0) is 45.0. The van der Waals surface area contributed by atoms with E-state index in [1.165, 1.54) is 4.90 Å². The first-order chi connectivity index (χ1) is 28.9. The quantitative estimate of drug-likeness (QED) is 0.115. The summed E-state index contributed by atoms with van der Waals surface area (Å²) in [6.07, 6.45) is -4.03. The Balaban J connectivity index is 0.00000133. The number of carboxylic acid groups (broad SMARTS) is 2. The number of aromatic nitrogens is 4. The number of allylic oxidation sites excluding steroid dienone is 1. The molecule has 1 amide bonds. The second kappa shape index (κ2) is 19.6. The van der Waals surface area contributed by atoms with Gasteiger partial charge in [0, 0.05) is 70.7 Å². The number of likely N-dealkylation sites (N-methyl/N-ethyl adjacent to an activating group) is 1. The minimum Gasteiger partial charge on any atom is -0.481 e. The van der Waals surface area contributed by atoms with E-state index >= 15 is 0 Å². The Morgan fingerprint density at radius 2 is 1.56 bits per heavy atom. The third-order valence-electron chi connectivity index (χ3n) is 12.0. The summed E-state index contributed by atoms with van der Waals surface area (Å²) in [7, 11) is 1.64. The van der Waals surface area contributed by atoms with Crippen molar-refractivity contribution in [2.24, 2.45) is 0 Å². The summed E-state index contributed by atoms with van der Waals surface area (Å²) in [5.74, 6) is -2.44. The second-order valence-corrected chi connectivity index (χ2v) is 15.8. The highest BCUT2D eigenvalue weighted by atomic mass is 16.7. The number of nitrogens with one attached hydrogen (secondary N) is 2. The van der Waals surface area contributed by atoms with Gasteiger partial charge >= 0.3 is 11.9 Å². The maximum Gasteiger partial charge on any atom is 0.338 e. The molecule has 8 N–H and O–H groups in total. The van der Waals surface area contributed by atoms with Gasteiger partial charge in [0.15, 0.2) is 6.29 Å². The Bertz CT molecular complexity index is 2360. The zero-order valence-electron chi connectivity index (χ0n) is 36.1. The minimum atomic E-state index is -1.56. The normalized spacial score (nSPS) is 22.4. The van der Waals surface area contributed by atoms with Crippen molar-refractivity contribution in [1.82, 2.24) is 24.8 Å². The summed E-state index contributed by atoms with van der Waals surface area (Å²) < 4.78 is 11.1. The van der Waals surface area contributed by atoms with E-state index in [-0.39, 0.29) is 55.0 Å². The lowest BCUT2D eigenvalue weighted by Gasteiger charge is -2.39. The number of carboxylic acids is 2. The molecule has 0 aromatic carbocycles. The summed E-state index contributed by atoms with van der Waals surface area (Å²) in [6.45, 7) is 17.4. The van der Waals surface area contributed by atoms with E-state index in [4.69, 9.17) is 24.5 Å². The molecule has 16 nitrogen and oxygen atoms in total. The monoisotopic (exact) mass is 845 g/mol. The first-order valence-electron chi connectivity index (χ1n) is 20.6. The largest absolute Gasteiger partial charge is 0.481 e. The van der Waals surface area contributed by atoms with Gasteiger partial charge in [-0.25, -0.2) is 9.78 Å². The van der Waals surface area contributed by atoms with Crippen molar-refractivity contribution in [3.05, 3.63) is 75.4 Å². The number of fused-ring (bicyclic) bond motifs is 8. The van der Waals surface area contributed by atoms with Crippen molar-refractivity contribution < 1.29 is 54.5 Å². The molecule has 0 radical (unpaired) electrons. The van der Waals surface area contributed by atoms with E-state index in [2.05, 4.69) is 43.4 Å². The van der Waals surface area contributed by atoms with E-state index < -0.39 is 49.3 Å². The number of amides is 1. The fraction of sp³-hybridized carbons (Fsp3) is 0.489. The van der Waals surface area contributed by atoms with Crippen molar-refractivity contribution in [2.75, 3.05) is 26.8 Å². The molecule has 0 saturated carbocycles. The third-order valence-corrected chi connectivity index (χ3v) is 12.0. The van der Waals surface area contributed by atoms with Gasteiger partial charge < -0.3 is 55.0 Å². The van der Waals surface area contributed by atoms with E-state index in [9.17, 15) is 39.9 Å². The number of rotatable bonds is 12. The van der Waals surface area contributed by atoms with Gasteiger partial charge in [-0.2, -0.15) is 0 Å². The van der Waals surface area contributed by atoms with Crippen LogP contribution < -0.4 is 0 Å². The molecule has 61 heavy (non-hydrogen) atoms. The van der Waals surface area contributed by atoms with Crippen molar-refractivity contribution in [3.8, 4) is 0 Å². The van der Waals surface area contributed by atoms with Crippen LogP contribution in [0.4, 0.5) is 0 Å². The lowest BCUT2D eigenvalue weighted by Crippen LogP contribution is -2.59. The highest BCUT2D eigenvalue weighted by molar-refractivity contribution is 6.24. The molecule has 3 aromatic heterocycles. The van der Waals surface area contributed by atoms with E-state index in [0.717, 1.165) is 56.4 Å². The SMILES string of the molecule is C=Cc1c(C)c2cc3nc(c(CC(=O)N(C)CCCOC4OC(CO)C(O)C(O)C4O)c4nc(cc5[nH]c(cc1[nH]2)c(C)c5CC)C(C)=C4C(=O)O)C(C)C3C.CCC(=O)O. The molecule has 0 aliphatic carbocycles. The molecule has 8 bridgehead atoms. The molecule has 1 saturated heterocycles. The van der Waals surface area contributed by atoms with Gasteiger partial charge in [0.25, 0.3) is 0 Å². The topological polar surface area (TPSA) is 252 Å². The minimum absolute atomic E-state index is 0.0205. The van der Waals surface area contributed by atoms with Crippen molar-refractivity contribution >= 4 is 57.1 Å². The number of carbonyl (C=O) groups excluding carboxylic acids is 1. The molecule has 1 fully saturated rings. The number of aliphatic hydroxyl groups excluding tert-OH is 4. The standard InChI is InChI=1S/C42H53N5O9.C3H6O2/c1-9-24-21(5)28-15-27-19(3)20(4)36(45-27)26(14-34(49)47(8)12-11-13-55-42-40(52)39(51)38(50)33(18-48)56-42)37-35(41(53)54)23(7)30(46-37)17-32-25(10-2)22(6)29(44-32)16-31(24)43-28;1-2-3(4)5/h9,15-17,19-20,33,38-40,42-44,48,50-52H,1,10-14,18H2,2-8H3,(H,53,54);2H2,1H3,(H,4,5). The van der Waals surface area contributed by atoms with E-state index in [1.807, 2.05) is 32.1 Å². The highest BCUT2D eigenvalue weighted by Crippen LogP contribution is 2.41. The number of hydrogen-bond donors (Lipinski definition) is 8. The van der Waals surface area contributed by atoms with Gasteiger partial charge in [0.05, 0.1) is 42.3 Å². The number of hydrogen-bond acceptors (Lipinski definition) is 11. The fourth-order valence-electron chi connectivity index (χ4n) is 7.95. The first kappa shape index (κ1) is 46.8. The van der Waals surface area contributed by atoms with E-state index in [1.54, 1.807) is 20.9 Å². The van der Waals surface area contributed by atoms with Crippen LogP contribution in [0.5, 0.6) is 0 Å². The lowest BCUT2D eigenvalue weighted by molar-refractivity contribution is -0.301. The molecule has 0 spiro atoms. The van der Waals surface area contributed by atoms with Crippen LogP contribution in [0.15, 0.2) is 24.8 Å². The smallest absolute Gasteiger partial charge is 0.338 e. The number of aromatic amines is 2. The number of aliphatic carboxylic acids is 2. The predicted molar refractivity (Wildman–Crippen MR) is 231 cm³/mol. The molecule has 3 aromatic rings. The average Bonchev–Trinajstić information content (AvgIpc) is 3.91. The van der Waals surface area contributed by atoms with Crippen LogP contribution in [0.25, 0.3) is 39.3 Å². The molecule has 3 aliphatic rings. The zero-order valence-corrected chi connectivity index (χ0v) is 36.1. The summed E-state index contributed by atoms with van der Waals surface area (Å²) >= 11 is 0. The molecule has 330 valence electrons. The molecule has 6 rings (SSSR count). The van der Waals surface area contributed by atoms with Crippen LogP contribution in [-0.4, -0.2) is 131 Å². The van der Waals surface area contributed by atoms with Gasteiger partial charge in [-0.1, -0.05) is 40.3 Å². The molecule has 6 heterocycles. The number of ether oxygens (including phenoxy) is 2. The summed E-state index contributed by atoms with van der Waals surface area (Å²) in [4.78, 5) is 55.2. The molecule has 7 atom stereocenters. The Labute approximate surface area is 354 Å². The maximum absolute atomic E-state index is 14.1. The van der Waals surface area contributed by atoms with Crippen molar-refractivity contribution in [1.29, 1.82) is 0 Å². The van der Waals surface area contributed by atoms with Gasteiger partial charge in [-0.05, 0) is 74.1 Å². The van der Waals surface area contributed by atoms with Crippen LogP contribution in [0, 0.1) is 13.8 Å². The average molecular weight is 846 g/mol. The predicted octanol–water partition coefficient (Wildman–Crippen LogP) is 4.75. The van der Waals surface area contributed by atoms with Gasteiger partial charge in [0.1, 0.15) is 24.4 Å². The van der Waals surface area contributed by atoms with Crippen LogP contribution in [-0.2, 0) is 36.7 Å². The van der Waals surface area contributed by atoms with Crippen LogP contribution >= 0.6 is 0 Å². The van der Waals surface area contributed by atoms with Crippen LogP contribution in [0.2, 0.25) is 0 Å². The fourth-order valence-corrected chi connectivity index (χ4v) is 7.95.